The summed E-state index contributed by atoms with van der Waals surface area (Å²) >= 11 is 0. The first-order chi connectivity index (χ1) is 8.22. The molecule has 0 fully saturated rings. The molecule has 0 aromatic carbocycles. The molecule has 0 unspecified atom stereocenters. The van der Waals surface area contributed by atoms with Gasteiger partial charge in [0.1, 0.15) is 0 Å². The van der Waals surface area contributed by atoms with Gasteiger partial charge in [0, 0.05) is 19.6 Å². The lowest BCUT2D eigenvalue weighted by Gasteiger charge is -2.18. The highest BCUT2D eigenvalue weighted by molar-refractivity contribution is 5.92. The predicted octanol–water partition coefficient (Wildman–Crippen LogP) is 0.275. The lowest BCUT2D eigenvalue weighted by Crippen LogP contribution is -2.32. The molecule has 0 radical (unpaired) electrons. The van der Waals surface area contributed by atoms with Crippen LogP contribution in [-0.4, -0.2) is 45.4 Å². The Labute approximate surface area is 101 Å². The molecule has 0 saturated carbocycles. The maximum absolute atomic E-state index is 12.1. The first-order valence-electron chi connectivity index (χ1n) is 5.73. The zero-order chi connectivity index (χ0) is 12.7. The van der Waals surface area contributed by atoms with Crippen molar-refractivity contribution < 1.29 is 4.79 Å². The van der Waals surface area contributed by atoms with Crippen molar-refractivity contribution in [1.82, 2.24) is 19.9 Å². The van der Waals surface area contributed by atoms with Gasteiger partial charge in [-0.2, -0.15) is 0 Å². The molecule has 0 bridgehead atoms. The first kappa shape index (κ1) is 13.4. The summed E-state index contributed by atoms with van der Waals surface area (Å²) in [5, 5.41) is 7.70. The molecule has 17 heavy (non-hydrogen) atoms. The second-order valence-corrected chi connectivity index (χ2v) is 3.70. The normalized spacial score (nSPS) is 10.2. The summed E-state index contributed by atoms with van der Waals surface area (Å²) in [7, 11) is 0. The molecule has 0 aliphatic heterocycles. The van der Waals surface area contributed by atoms with Gasteiger partial charge in [-0.1, -0.05) is 18.2 Å². The number of hydrogen-bond donors (Lipinski definition) is 1. The minimum Gasteiger partial charge on any atom is -0.334 e. The van der Waals surface area contributed by atoms with Crippen molar-refractivity contribution in [3.05, 3.63) is 24.5 Å². The lowest BCUT2D eigenvalue weighted by molar-refractivity contribution is 0.0768. The molecule has 0 aliphatic rings. The summed E-state index contributed by atoms with van der Waals surface area (Å²) in [5.74, 6) is -0.116. The molecular formula is C11H19N5O. The van der Waals surface area contributed by atoms with Crippen molar-refractivity contribution in [2.45, 2.75) is 19.9 Å². The standard InChI is InChI=1S/C11H19N5O/c1-3-6-15(7-4-2)11(17)10-9-16(8-5-12)14-13-10/h3,9H,1,4-8,12H2,2H3. The van der Waals surface area contributed by atoms with Crippen LogP contribution < -0.4 is 5.73 Å². The van der Waals surface area contributed by atoms with Gasteiger partial charge in [-0.3, -0.25) is 9.48 Å². The molecule has 94 valence electrons. The van der Waals surface area contributed by atoms with Gasteiger partial charge >= 0.3 is 0 Å². The highest BCUT2D eigenvalue weighted by atomic mass is 16.2. The number of rotatable bonds is 7. The lowest BCUT2D eigenvalue weighted by atomic mass is 10.3. The van der Waals surface area contributed by atoms with E-state index >= 15 is 0 Å². The molecular weight excluding hydrogens is 218 g/mol. The minimum atomic E-state index is -0.116. The van der Waals surface area contributed by atoms with E-state index < -0.39 is 0 Å². The minimum absolute atomic E-state index is 0.116. The van der Waals surface area contributed by atoms with Crippen LogP contribution in [0, 0.1) is 0 Å². The van der Waals surface area contributed by atoms with E-state index in [-0.39, 0.29) is 5.91 Å². The third-order valence-corrected chi connectivity index (χ3v) is 2.25. The average molecular weight is 237 g/mol. The second kappa shape index (κ2) is 6.80. The fourth-order valence-corrected chi connectivity index (χ4v) is 1.50. The molecule has 2 N–H and O–H groups in total. The molecule has 1 aromatic rings. The third-order valence-electron chi connectivity index (χ3n) is 2.25. The predicted molar refractivity (Wildman–Crippen MR) is 65.5 cm³/mol. The number of nitrogens with two attached hydrogens (primary N) is 1. The van der Waals surface area contributed by atoms with Gasteiger partial charge in [-0.25, -0.2) is 0 Å². The summed E-state index contributed by atoms with van der Waals surface area (Å²) in [5.41, 5.74) is 5.76. The number of nitrogens with zero attached hydrogens (tertiary/aromatic N) is 4. The van der Waals surface area contributed by atoms with Gasteiger partial charge in [0.2, 0.25) is 0 Å². The maximum atomic E-state index is 12.1. The Bertz CT molecular complexity index is 374. The number of aromatic nitrogens is 3. The van der Waals surface area contributed by atoms with Crippen molar-refractivity contribution >= 4 is 5.91 Å². The van der Waals surface area contributed by atoms with E-state index in [0.717, 1.165) is 6.42 Å². The summed E-state index contributed by atoms with van der Waals surface area (Å²) in [6.45, 7) is 7.92. The quantitative estimate of drug-likeness (QED) is 0.691. The number of carbonyl (C=O) groups excluding carboxylic acids is 1. The fourth-order valence-electron chi connectivity index (χ4n) is 1.50. The van der Waals surface area contributed by atoms with Crippen molar-refractivity contribution in [3.63, 3.8) is 0 Å². The van der Waals surface area contributed by atoms with Crippen LogP contribution in [0.5, 0.6) is 0 Å². The molecule has 6 nitrogen and oxygen atoms in total. The van der Waals surface area contributed by atoms with Gasteiger partial charge in [-0.15, -0.1) is 11.7 Å². The van der Waals surface area contributed by atoms with Crippen LogP contribution in [0.2, 0.25) is 0 Å². The Morgan fingerprint density at radius 1 is 1.71 bits per heavy atom. The fraction of sp³-hybridized carbons (Fsp3) is 0.545. The van der Waals surface area contributed by atoms with Crippen LogP contribution in [0.1, 0.15) is 23.8 Å². The van der Waals surface area contributed by atoms with Crippen LogP contribution in [0.15, 0.2) is 18.9 Å². The van der Waals surface area contributed by atoms with Crippen LogP contribution in [-0.2, 0) is 6.54 Å². The second-order valence-electron chi connectivity index (χ2n) is 3.70. The Morgan fingerprint density at radius 3 is 3.06 bits per heavy atom. The zero-order valence-corrected chi connectivity index (χ0v) is 10.2. The van der Waals surface area contributed by atoms with Gasteiger partial charge in [-0.05, 0) is 6.42 Å². The molecule has 0 atom stereocenters. The van der Waals surface area contributed by atoms with Crippen LogP contribution >= 0.6 is 0 Å². The summed E-state index contributed by atoms with van der Waals surface area (Å²) in [6.07, 6.45) is 4.23. The van der Waals surface area contributed by atoms with E-state index in [9.17, 15) is 4.79 Å². The molecule has 1 aromatic heterocycles. The summed E-state index contributed by atoms with van der Waals surface area (Å²) in [4.78, 5) is 13.8. The summed E-state index contributed by atoms with van der Waals surface area (Å²) < 4.78 is 1.57. The summed E-state index contributed by atoms with van der Waals surface area (Å²) in [6, 6.07) is 0. The van der Waals surface area contributed by atoms with E-state index in [2.05, 4.69) is 16.9 Å². The maximum Gasteiger partial charge on any atom is 0.276 e. The molecule has 0 saturated heterocycles. The van der Waals surface area contributed by atoms with E-state index in [4.69, 9.17) is 5.73 Å². The largest absolute Gasteiger partial charge is 0.334 e. The van der Waals surface area contributed by atoms with Crippen molar-refractivity contribution in [2.75, 3.05) is 19.6 Å². The van der Waals surface area contributed by atoms with E-state index in [1.807, 2.05) is 6.92 Å². The molecule has 1 rings (SSSR count). The highest BCUT2D eigenvalue weighted by Crippen LogP contribution is 2.02. The van der Waals surface area contributed by atoms with Gasteiger partial charge in [0.15, 0.2) is 5.69 Å². The van der Waals surface area contributed by atoms with Gasteiger partial charge < -0.3 is 10.6 Å². The molecule has 0 spiro atoms. The van der Waals surface area contributed by atoms with E-state index in [0.29, 0.717) is 31.9 Å². The van der Waals surface area contributed by atoms with Crippen LogP contribution in [0.4, 0.5) is 0 Å². The molecule has 1 heterocycles. The Hall–Kier alpha value is -1.69. The average Bonchev–Trinajstić information content (AvgIpc) is 2.77. The van der Waals surface area contributed by atoms with Crippen molar-refractivity contribution in [3.8, 4) is 0 Å². The molecule has 0 aliphatic carbocycles. The highest BCUT2D eigenvalue weighted by Gasteiger charge is 2.17. The Kier molecular flexibility index (Phi) is 5.35. The zero-order valence-electron chi connectivity index (χ0n) is 10.2. The van der Waals surface area contributed by atoms with Crippen molar-refractivity contribution in [1.29, 1.82) is 0 Å². The smallest absolute Gasteiger partial charge is 0.276 e. The monoisotopic (exact) mass is 237 g/mol. The van der Waals surface area contributed by atoms with Crippen molar-refractivity contribution in [2.24, 2.45) is 5.73 Å². The van der Waals surface area contributed by atoms with Crippen LogP contribution in [0.25, 0.3) is 0 Å². The third kappa shape index (κ3) is 3.67. The number of hydrogen-bond acceptors (Lipinski definition) is 4. The number of amides is 1. The Morgan fingerprint density at radius 2 is 2.47 bits per heavy atom. The molecule has 6 heteroatoms. The van der Waals surface area contributed by atoms with Gasteiger partial charge in [0.25, 0.3) is 5.91 Å². The van der Waals surface area contributed by atoms with E-state index in [1.54, 1.807) is 21.9 Å². The number of carbonyl (C=O) groups is 1. The first-order valence-corrected chi connectivity index (χ1v) is 5.73. The molecule has 1 amide bonds. The SMILES string of the molecule is C=CCN(CCC)C(=O)c1cn(CCN)nn1. The van der Waals surface area contributed by atoms with Gasteiger partial charge in [0.05, 0.1) is 12.7 Å². The van der Waals surface area contributed by atoms with Crippen LogP contribution in [0.3, 0.4) is 0 Å². The Balaban J connectivity index is 2.73. The topological polar surface area (TPSA) is 77.0 Å². The van der Waals surface area contributed by atoms with E-state index in [1.165, 1.54) is 0 Å².